The Morgan fingerprint density at radius 3 is 2.53 bits per heavy atom. The number of phenolic OH excluding ortho intramolecular Hbond substituents is 1. The van der Waals surface area contributed by atoms with Gasteiger partial charge in [-0.25, -0.2) is 0 Å². The Bertz CT molecular complexity index is 2990. The molecule has 12 nitrogen and oxygen atoms in total. The quantitative estimate of drug-likeness (QED) is 0.0634. The average molecular weight is 1020 g/mol. The van der Waals surface area contributed by atoms with Crippen molar-refractivity contribution in [1.29, 1.82) is 0 Å². The summed E-state index contributed by atoms with van der Waals surface area (Å²) in [7, 11) is 1.51. The summed E-state index contributed by atoms with van der Waals surface area (Å²) in [4.78, 5) is 32.2. The standard InChI is InChI=1S/C63H77N5O7/c1-4-33-30-68-56(64)29-46(33)45(36-11-10-34-8-6-7-9-35(34)22-36)28-52(71)51(70)23-38-16-19-63(55(73)15-12-37-24-54(75-3)53(72)27-44(37)38)20-17-41-43(62(63)74)14-13-40-48-32-67-50-26-39(69)25-47-42-18-21-66-61(42)60(59(48)58(47)50)49(57(40)41)31-65-5-2/h6-11,18,21-22,24,27,29,38,40-41,43,45,47-52,57-60,62,65-68,70-72,74H,4-5,12-15,17,20,23,25-26,28,30-32,64H2,1-3H3/t38-,40-,41+,43-,45-,47-,48-,49+,50+,51+,52-,57-,58-,59+,60-,62-,63+/m1/s1. The third-order valence-corrected chi connectivity index (χ3v) is 20.6. The van der Waals surface area contributed by atoms with Crippen LogP contribution in [0.25, 0.3) is 10.8 Å². The van der Waals surface area contributed by atoms with Crippen LogP contribution in [0, 0.1) is 64.6 Å². The lowest BCUT2D eigenvalue weighted by atomic mass is 9.40. The summed E-state index contributed by atoms with van der Waals surface area (Å²) in [6, 6.07) is 20.5. The van der Waals surface area contributed by atoms with E-state index in [-0.39, 0.29) is 66.3 Å². The summed E-state index contributed by atoms with van der Waals surface area (Å²) >= 11 is 0. The van der Waals surface area contributed by atoms with E-state index in [1.54, 1.807) is 12.1 Å². The molecule has 0 radical (unpaired) electrons. The van der Waals surface area contributed by atoms with Gasteiger partial charge in [-0.3, -0.25) is 9.59 Å². The third kappa shape index (κ3) is 8.55. The van der Waals surface area contributed by atoms with E-state index in [0.29, 0.717) is 90.8 Å². The molecule has 4 saturated carbocycles. The first-order chi connectivity index (χ1) is 36.4. The molecule has 8 aliphatic rings. The minimum Gasteiger partial charge on any atom is -0.504 e. The number of methoxy groups -OCH3 is 1. The molecule has 5 fully saturated rings. The molecule has 12 heteroatoms. The maximum Gasteiger partial charge on any atom is 0.160 e. The number of aliphatic hydroxyl groups excluding tert-OH is 3. The zero-order valence-electron chi connectivity index (χ0n) is 43.9. The van der Waals surface area contributed by atoms with Crippen LogP contribution in [0.5, 0.6) is 11.5 Å². The topological polar surface area (TPSA) is 202 Å². The van der Waals surface area contributed by atoms with Crippen molar-refractivity contribution in [1.82, 2.24) is 20.9 Å². The van der Waals surface area contributed by atoms with Gasteiger partial charge < -0.3 is 51.8 Å². The zero-order chi connectivity index (χ0) is 51.9. The highest BCUT2D eigenvalue weighted by molar-refractivity contribution is 5.89. The van der Waals surface area contributed by atoms with Gasteiger partial charge in [0.15, 0.2) is 17.3 Å². The van der Waals surface area contributed by atoms with Gasteiger partial charge in [-0.15, -0.1) is 0 Å². The molecule has 3 heterocycles. The normalized spacial score (nSPS) is 34.9. The van der Waals surface area contributed by atoms with Crippen LogP contribution in [-0.2, 0) is 16.0 Å². The van der Waals surface area contributed by atoms with Crippen molar-refractivity contribution in [2.45, 2.75) is 133 Å². The molecule has 12 rings (SSSR count). The lowest BCUT2D eigenvalue weighted by Crippen LogP contribution is -2.67. The number of ketones is 2. The number of hydrogen-bond acceptors (Lipinski definition) is 11. The largest absolute Gasteiger partial charge is 0.504 e. The molecule has 17 atom stereocenters. The first-order valence-electron chi connectivity index (χ1n) is 28.5. The number of carbonyl (C=O) groups is 2. The smallest absolute Gasteiger partial charge is 0.160 e. The Morgan fingerprint density at radius 2 is 1.72 bits per heavy atom. The maximum absolute atomic E-state index is 15.2. The first-order valence-corrected chi connectivity index (χ1v) is 28.5. The molecule has 10 N–H and O–H groups in total. The fourth-order valence-electron chi connectivity index (χ4n) is 17.4. The highest BCUT2D eigenvalue weighted by Crippen LogP contribution is 2.68. The second-order valence-electron chi connectivity index (χ2n) is 23.9. The molecule has 1 spiro atoms. The predicted octanol–water partition coefficient (Wildman–Crippen LogP) is 7.58. The molecule has 1 saturated heterocycles. The number of nitrogens with two attached hydrogens (primary N) is 1. The third-order valence-electron chi connectivity index (χ3n) is 20.6. The minimum absolute atomic E-state index is 0.0362. The molecule has 3 aromatic carbocycles. The van der Waals surface area contributed by atoms with E-state index < -0.39 is 29.6 Å². The molecule has 75 heavy (non-hydrogen) atoms. The number of phenols is 1. The Kier molecular flexibility index (Phi) is 13.6. The van der Waals surface area contributed by atoms with Gasteiger partial charge in [0.25, 0.3) is 0 Å². The lowest BCUT2D eigenvalue weighted by molar-refractivity contribution is -0.165. The molecule has 1 aromatic heterocycles. The molecule has 2 aliphatic heterocycles. The van der Waals surface area contributed by atoms with Crippen molar-refractivity contribution in [3.05, 3.63) is 118 Å². The number of Topliss-reactive ketones (excluding diaryl/α,β-unsaturated/α-hetero) is 2. The average Bonchev–Trinajstić information content (AvgIpc) is 3.93. The highest BCUT2D eigenvalue weighted by Gasteiger charge is 2.65. The molecular formula is C63H77N5O7. The Labute approximate surface area is 441 Å². The highest BCUT2D eigenvalue weighted by atomic mass is 16.5. The summed E-state index contributed by atoms with van der Waals surface area (Å²) in [5.74, 6) is 10.3. The number of aromatic hydroxyl groups is 1. The van der Waals surface area contributed by atoms with Gasteiger partial charge in [-0.2, -0.15) is 0 Å². The van der Waals surface area contributed by atoms with Crippen LogP contribution in [0.2, 0.25) is 0 Å². The van der Waals surface area contributed by atoms with Crippen molar-refractivity contribution in [2.24, 2.45) is 58.5 Å². The lowest BCUT2D eigenvalue weighted by Gasteiger charge is -2.66. The van der Waals surface area contributed by atoms with E-state index in [0.717, 1.165) is 72.8 Å². The Morgan fingerprint density at radius 1 is 0.907 bits per heavy atom. The molecule has 0 bridgehead atoms. The van der Waals surface area contributed by atoms with Gasteiger partial charge in [-0.05, 0) is 193 Å². The van der Waals surface area contributed by atoms with Crippen LogP contribution in [0.3, 0.4) is 0 Å². The second-order valence-corrected chi connectivity index (χ2v) is 23.9. The summed E-state index contributed by atoms with van der Waals surface area (Å²) in [6.07, 6.45) is 6.47. The number of nitrogens with one attached hydrogen (secondary N) is 4. The van der Waals surface area contributed by atoms with Crippen molar-refractivity contribution < 1.29 is 34.8 Å². The number of aryl methyl sites for hydroxylation is 1. The van der Waals surface area contributed by atoms with Gasteiger partial charge >= 0.3 is 0 Å². The first kappa shape index (κ1) is 50.4. The molecule has 0 amide bonds. The van der Waals surface area contributed by atoms with Gasteiger partial charge in [0.2, 0.25) is 0 Å². The minimum atomic E-state index is -1.32. The number of dihydropyridines is 1. The van der Waals surface area contributed by atoms with Crippen LogP contribution in [0.15, 0.2) is 89.9 Å². The number of benzene rings is 3. The van der Waals surface area contributed by atoms with E-state index in [2.05, 4.69) is 89.2 Å². The van der Waals surface area contributed by atoms with Crippen molar-refractivity contribution in [2.75, 3.05) is 33.3 Å². The van der Waals surface area contributed by atoms with Crippen LogP contribution in [0.4, 0.5) is 0 Å². The van der Waals surface area contributed by atoms with E-state index in [9.17, 15) is 25.2 Å². The molecule has 4 aromatic rings. The van der Waals surface area contributed by atoms with Crippen molar-refractivity contribution in [3.63, 3.8) is 0 Å². The number of aromatic nitrogens is 1. The Hall–Kier alpha value is -5.42. The summed E-state index contributed by atoms with van der Waals surface area (Å²) in [6.45, 7) is 7.57. The van der Waals surface area contributed by atoms with Crippen LogP contribution in [0.1, 0.15) is 130 Å². The van der Waals surface area contributed by atoms with E-state index in [4.69, 9.17) is 10.5 Å². The number of ether oxygens (including phenoxy) is 1. The monoisotopic (exact) mass is 1020 g/mol. The van der Waals surface area contributed by atoms with Crippen molar-refractivity contribution in [3.8, 4) is 23.3 Å². The van der Waals surface area contributed by atoms with Gasteiger partial charge in [-0.1, -0.05) is 68.2 Å². The van der Waals surface area contributed by atoms with Gasteiger partial charge in [0.05, 0.1) is 31.2 Å². The van der Waals surface area contributed by atoms with Crippen molar-refractivity contribution >= 4 is 22.3 Å². The second kappa shape index (κ2) is 20.2. The Balaban J connectivity index is 0.871. The van der Waals surface area contributed by atoms with Gasteiger partial charge in [0, 0.05) is 61.5 Å². The zero-order valence-corrected chi connectivity index (χ0v) is 43.9. The summed E-state index contributed by atoms with van der Waals surface area (Å²) in [5, 5.41) is 62.4. The number of H-pyrrole nitrogens is 1. The summed E-state index contributed by atoms with van der Waals surface area (Å²) in [5.41, 5.74) is 12.5. The predicted molar refractivity (Wildman–Crippen MR) is 290 cm³/mol. The molecule has 396 valence electrons. The van der Waals surface area contributed by atoms with Crippen LogP contribution in [-0.4, -0.2) is 94.6 Å². The van der Waals surface area contributed by atoms with Gasteiger partial charge in [0.1, 0.15) is 11.2 Å². The number of aromatic amines is 1. The number of allylic oxidation sites excluding steroid dienone is 2. The summed E-state index contributed by atoms with van der Waals surface area (Å²) < 4.78 is 5.60. The van der Waals surface area contributed by atoms with E-state index >= 15 is 4.79 Å². The molecule has 6 aliphatic carbocycles. The number of aliphatic hydroxyl groups is 3. The number of carbonyl (C=O) groups excluding carboxylic acids is 2. The number of piperidine rings is 1. The fourth-order valence-corrected chi connectivity index (χ4v) is 17.4. The fraction of sp³-hybridized carbons (Fsp3) is 0.556. The molecular weight excluding hydrogens is 939 g/mol. The van der Waals surface area contributed by atoms with Crippen LogP contribution < -0.4 is 26.4 Å². The maximum atomic E-state index is 15.2. The number of fused-ring (bicyclic) bond motifs is 9. The SMILES string of the molecule is CCNC[C@@H]1[C@H]2c3[nH]ccc3[C@H]3CC(=O)C[C@@H]4NC[C@H]([C@H]5CC[C@@H]6[C@H](CC[C@]7(C#C[C@H](C[C@H](O)[C@H](O)C[C@@H](C8=C(CC)CNC(N)=C8)c8ccc9ccccc9c8)c8cc(O)c(OC)cc8CCC7=O)[C@@H]6O)[C@@H]51)[C@H]2[C@@H]43. The van der Waals surface area contributed by atoms with E-state index in [1.807, 2.05) is 18.2 Å². The van der Waals surface area contributed by atoms with Crippen LogP contribution >= 0.6 is 0 Å². The van der Waals surface area contributed by atoms with E-state index in [1.165, 1.54) is 23.9 Å². The number of hydrogen-bond donors (Lipinski definition) is 9. The number of rotatable bonds is 12. The molecule has 0 unspecified atom stereocenters.